The molecule has 1 saturated heterocycles. The molecule has 2 aromatic rings. The Kier molecular flexibility index (Phi) is 2.41. The number of aromatic nitrogens is 1. The number of ether oxygens (including phenoxy) is 2. The second-order valence-electron chi connectivity index (χ2n) is 4.14. The van der Waals surface area contributed by atoms with Crippen LogP contribution in [-0.2, 0) is 9.53 Å². The fourth-order valence-electron chi connectivity index (χ4n) is 2.15. The zero-order valence-corrected chi connectivity index (χ0v) is 9.79. The number of hydrogen-bond donors (Lipinski definition) is 1. The van der Waals surface area contributed by atoms with E-state index in [0.29, 0.717) is 5.75 Å². The van der Waals surface area contributed by atoms with E-state index in [0.717, 1.165) is 16.5 Å². The van der Waals surface area contributed by atoms with Gasteiger partial charge >= 0.3 is 0 Å². The van der Waals surface area contributed by atoms with Gasteiger partial charge in [0.25, 0.3) is 0 Å². The monoisotopic (exact) mass is 244 g/mol. The number of nitrogens with two attached hydrogens (primary N) is 1. The number of primary amides is 1. The average molecular weight is 244 g/mol. The molecule has 1 fully saturated rings. The molecular weight excluding hydrogens is 232 g/mol. The molecule has 0 bridgehead atoms. The molecule has 1 aliphatic heterocycles. The van der Waals surface area contributed by atoms with Gasteiger partial charge in [0.15, 0.2) is 6.10 Å². The zero-order chi connectivity index (χ0) is 12.7. The molecule has 2 unspecified atom stereocenters. The molecule has 5 nitrogen and oxygen atoms in total. The van der Waals surface area contributed by atoms with Gasteiger partial charge in [-0.1, -0.05) is 12.1 Å². The molecule has 1 aliphatic rings. The molecule has 92 valence electrons. The van der Waals surface area contributed by atoms with Crippen LogP contribution in [0.2, 0.25) is 0 Å². The molecule has 2 N–H and O–H groups in total. The molecule has 2 atom stereocenters. The van der Waals surface area contributed by atoms with Gasteiger partial charge in [-0.2, -0.15) is 0 Å². The van der Waals surface area contributed by atoms with Crippen LogP contribution < -0.4 is 10.5 Å². The van der Waals surface area contributed by atoms with E-state index in [4.69, 9.17) is 15.2 Å². The van der Waals surface area contributed by atoms with Crippen LogP contribution in [0.3, 0.4) is 0 Å². The van der Waals surface area contributed by atoms with Crippen molar-refractivity contribution < 1.29 is 14.3 Å². The third-order valence-electron chi connectivity index (χ3n) is 3.07. The van der Waals surface area contributed by atoms with E-state index in [9.17, 15) is 4.79 Å². The minimum Gasteiger partial charge on any atom is -0.494 e. The van der Waals surface area contributed by atoms with Gasteiger partial charge in [-0.25, -0.2) is 0 Å². The predicted octanol–water partition coefficient (Wildman–Crippen LogP) is 1.17. The number of carbonyl (C=O) groups is 1. The van der Waals surface area contributed by atoms with Crippen molar-refractivity contribution in [1.82, 2.24) is 4.98 Å². The van der Waals surface area contributed by atoms with Gasteiger partial charge in [0.05, 0.1) is 7.11 Å². The first kappa shape index (κ1) is 11.0. The second kappa shape index (κ2) is 3.96. The van der Waals surface area contributed by atoms with Crippen LogP contribution in [-0.4, -0.2) is 24.1 Å². The fraction of sp³-hybridized carbons (Fsp3) is 0.231. The fourth-order valence-corrected chi connectivity index (χ4v) is 2.15. The SMILES string of the molecule is COc1cccc2c(C3OC3C(N)=O)ccnc12. The summed E-state index contributed by atoms with van der Waals surface area (Å²) in [4.78, 5) is 15.4. The van der Waals surface area contributed by atoms with Crippen LogP contribution in [0, 0.1) is 0 Å². The third kappa shape index (κ3) is 1.60. The predicted molar refractivity (Wildman–Crippen MR) is 65.1 cm³/mol. The lowest BCUT2D eigenvalue weighted by Crippen LogP contribution is -2.18. The summed E-state index contributed by atoms with van der Waals surface area (Å²) in [6, 6.07) is 7.50. The summed E-state index contributed by atoms with van der Waals surface area (Å²) < 4.78 is 10.6. The molecule has 0 saturated carbocycles. The van der Waals surface area contributed by atoms with E-state index in [1.807, 2.05) is 24.3 Å². The summed E-state index contributed by atoms with van der Waals surface area (Å²) in [5, 5.41) is 0.922. The maximum absolute atomic E-state index is 11.1. The van der Waals surface area contributed by atoms with E-state index in [-0.39, 0.29) is 6.10 Å². The molecule has 1 aromatic heterocycles. The number of epoxide rings is 1. The Morgan fingerprint density at radius 1 is 1.44 bits per heavy atom. The van der Waals surface area contributed by atoms with Gasteiger partial charge in [0.1, 0.15) is 17.4 Å². The summed E-state index contributed by atoms with van der Waals surface area (Å²) in [6.07, 6.45) is 0.891. The van der Waals surface area contributed by atoms with Gasteiger partial charge in [0.2, 0.25) is 5.91 Å². The number of nitrogens with zero attached hydrogens (tertiary/aromatic N) is 1. The standard InChI is InChI=1S/C13H12N2O3/c1-17-9-4-2-3-7-8(5-6-15-10(7)9)11-12(18-11)13(14)16/h2-6,11-12H,1H3,(H2,14,16). The van der Waals surface area contributed by atoms with Crippen molar-refractivity contribution in [3.8, 4) is 5.75 Å². The molecule has 0 spiro atoms. The molecule has 18 heavy (non-hydrogen) atoms. The van der Waals surface area contributed by atoms with Crippen LogP contribution in [0.15, 0.2) is 30.5 Å². The van der Waals surface area contributed by atoms with Crippen LogP contribution in [0.5, 0.6) is 5.75 Å². The van der Waals surface area contributed by atoms with Crippen molar-refractivity contribution in [2.24, 2.45) is 5.73 Å². The van der Waals surface area contributed by atoms with Gasteiger partial charge < -0.3 is 15.2 Å². The first-order valence-corrected chi connectivity index (χ1v) is 5.59. The second-order valence-corrected chi connectivity index (χ2v) is 4.14. The quantitative estimate of drug-likeness (QED) is 0.822. The molecular formula is C13H12N2O3. The van der Waals surface area contributed by atoms with Gasteiger partial charge in [-0.15, -0.1) is 0 Å². The Balaban J connectivity index is 2.11. The lowest BCUT2D eigenvalue weighted by atomic mass is 10.0. The number of para-hydroxylation sites is 1. The molecule has 3 rings (SSSR count). The Morgan fingerprint density at radius 3 is 2.94 bits per heavy atom. The first-order chi connectivity index (χ1) is 8.72. The van der Waals surface area contributed by atoms with Crippen molar-refractivity contribution in [2.45, 2.75) is 12.2 Å². The summed E-state index contributed by atoms with van der Waals surface area (Å²) in [7, 11) is 1.60. The van der Waals surface area contributed by atoms with Gasteiger partial charge in [-0.05, 0) is 17.7 Å². The molecule has 0 aliphatic carbocycles. The van der Waals surface area contributed by atoms with E-state index < -0.39 is 12.0 Å². The Hall–Kier alpha value is -2.14. The minimum absolute atomic E-state index is 0.264. The number of methoxy groups -OCH3 is 1. The van der Waals surface area contributed by atoms with Crippen molar-refractivity contribution >= 4 is 16.8 Å². The first-order valence-electron chi connectivity index (χ1n) is 5.59. The smallest absolute Gasteiger partial charge is 0.249 e. The summed E-state index contributed by atoms with van der Waals surface area (Å²) in [5.41, 5.74) is 6.90. The van der Waals surface area contributed by atoms with Gasteiger partial charge in [-0.3, -0.25) is 9.78 Å². The maximum atomic E-state index is 11.1. The molecule has 5 heteroatoms. The highest BCUT2D eigenvalue weighted by molar-refractivity contribution is 5.90. The van der Waals surface area contributed by atoms with Crippen molar-refractivity contribution in [1.29, 1.82) is 0 Å². The number of amides is 1. The summed E-state index contributed by atoms with van der Waals surface area (Å²) >= 11 is 0. The summed E-state index contributed by atoms with van der Waals surface area (Å²) in [5.74, 6) is 0.262. The highest BCUT2D eigenvalue weighted by atomic mass is 16.6. The highest BCUT2D eigenvalue weighted by Gasteiger charge is 2.45. The highest BCUT2D eigenvalue weighted by Crippen LogP contribution is 2.42. The topological polar surface area (TPSA) is 77.7 Å². The molecule has 0 radical (unpaired) electrons. The van der Waals surface area contributed by atoms with E-state index in [1.54, 1.807) is 13.3 Å². The van der Waals surface area contributed by atoms with Crippen molar-refractivity contribution in [3.05, 3.63) is 36.0 Å². The molecule has 1 amide bonds. The van der Waals surface area contributed by atoms with Crippen molar-refractivity contribution in [3.63, 3.8) is 0 Å². The lowest BCUT2D eigenvalue weighted by Gasteiger charge is -2.06. The van der Waals surface area contributed by atoms with Crippen LogP contribution >= 0.6 is 0 Å². The Labute approximate surface area is 104 Å². The van der Waals surface area contributed by atoms with Crippen LogP contribution in [0.25, 0.3) is 10.9 Å². The molecule has 1 aromatic carbocycles. The maximum Gasteiger partial charge on any atom is 0.249 e. The van der Waals surface area contributed by atoms with Crippen molar-refractivity contribution in [2.75, 3.05) is 7.11 Å². The van der Waals surface area contributed by atoms with E-state index >= 15 is 0 Å². The Morgan fingerprint density at radius 2 is 2.28 bits per heavy atom. The number of rotatable bonds is 3. The number of carbonyl (C=O) groups excluding carboxylic acids is 1. The van der Waals surface area contributed by atoms with Gasteiger partial charge in [0, 0.05) is 11.6 Å². The number of hydrogen-bond acceptors (Lipinski definition) is 4. The normalized spacial score (nSPS) is 21.8. The van der Waals surface area contributed by atoms with E-state index in [2.05, 4.69) is 4.98 Å². The minimum atomic E-state index is -0.526. The van der Waals surface area contributed by atoms with Crippen LogP contribution in [0.1, 0.15) is 11.7 Å². The number of fused-ring (bicyclic) bond motifs is 1. The average Bonchev–Trinajstić information content (AvgIpc) is 3.17. The molecule has 2 heterocycles. The van der Waals surface area contributed by atoms with E-state index in [1.165, 1.54) is 0 Å². The third-order valence-corrected chi connectivity index (χ3v) is 3.07. The zero-order valence-electron chi connectivity index (χ0n) is 9.79. The lowest BCUT2D eigenvalue weighted by molar-refractivity contribution is -0.119. The van der Waals surface area contributed by atoms with Crippen LogP contribution in [0.4, 0.5) is 0 Å². The largest absolute Gasteiger partial charge is 0.494 e. The Bertz CT molecular complexity index is 627. The number of benzene rings is 1. The summed E-state index contributed by atoms with van der Waals surface area (Å²) in [6.45, 7) is 0. The number of pyridine rings is 1.